The number of piperidine rings is 1. The number of nitrogens with zero attached hydrogens (tertiary/aromatic N) is 2. The van der Waals surface area contributed by atoms with Crippen LogP contribution in [0.1, 0.15) is 25.7 Å². The fourth-order valence-corrected chi connectivity index (χ4v) is 2.63. The van der Waals surface area contributed by atoms with Gasteiger partial charge < -0.3 is 14.9 Å². The molecule has 0 aromatic carbocycles. The van der Waals surface area contributed by atoms with E-state index in [0.717, 1.165) is 13.0 Å². The molecule has 4 nitrogen and oxygen atoms in total. The maximum atomic E-state index is 12.6. The molecule has 0 aliphatic carbocycles. The summed E-state index contributed by atoms with van der Waals surface area (Å²) in [5.74, 6) is 0.129. The lowest BCUT2D eigenvalue weighted by molar-refractivity contribution is -0.272. The van der Waals surface area contributed by atoms with Crippen LogP contribution in [0, 0.1) is 0 Å². The number of hydrogen-bond acceptors (Lipinski definition) is 3. The quantitative estimate of drug-likeness (QED) is 0.838. The van der Waals surface area contributed by atoms with E-state index in [-0.39, 0.29) is 31.8 Å². The Bertz CT molecular complexity index is 338. The molecule has 1 N–H and O–H groups in total. The Morgan fingerprint density at radius 1 is 1.16 bits per heavy atom. The first-order chi connectivity index (χ1) is 8.82. The number of hydrogen-bond donors (Lipinski definition) is 1. The fraction of sp³-hybridized carbons (Fsp3) is 0.917. The van der Waals surface area contributed by atoms with Crippen molar-refractivity contribution in [2.75, 3.05) is 32.7 Å². The summed E-state index contributed by atoms with van der Waals surface area (Å²) in [4.78, 5) is 15.0. The SMILES string of the molecule is O=C1CCCN1CCN1CCC(O)(C(F)(F)F)CC1. The maximum Gasteiger partial charge on any atom is 0.417 e. The van der Waals surface area contributed by atoms with Crippen molar-refractivity contribution >= 4 is 5.91 Å². The van der Waals surface area contributed by atoms with Gasteiger partial charge in [-0.15, -0.1) is 0 Å². The third kappa shape index (κ3) is 3.20. The Morgan fingerprint density at radius 2 is 1.79 bits per heavy atom. The highest BCUT2D eigenvalue weighted by atomic mass is 19.4. The number of rotatable bonds is 3. The summed E-state index contributed by atoms with van der Waals surface area (Å²) in [6.07, 6.45) is -3.68. The molecule has 19 heavy (non-hydrogen) atoms. The fourth-order valence-electron chi connectivity index (χ4n) is 2.63. The number of carbonyl (C=O) groups excluding carboxylic acids is 1. The standard InChI is InChI=1S/C12H19F3N2O2/c13-12(14,15)11(19)3-6-16(7-4-11)8-9-17-5-1-2-10(17)18/h19H,1-9H2. The van der Waals surface area contributed by atoms with Crippen LogP contribution in [-0.2, 0) is 4.79 Å². The molecule has 0 atom stereocenters. The molecule has 2 aliphatic heterocycles. The van der Waals surface area contributed by atoms with Gasteiger partial charge in [-0.3, -0.25) is 4.79 Å². The Morgan fingerprint density at radius 3 is 2.26 bits per heavy atom. The van der Waals surface area contributed by atoms with Gasteiger partial charge in [0.05, 0.1) is 0 Å². The lowest BCUT2D eigenvalue weighted by Crippen LogP contribution is -2.54. The van der Waals surface area contributed by atoms with Crippen molar-refractivity contribution in [2.45, 2.75) is 37.5 Å². The highest BCUT2D eigenvalue weighted by Crippen LogP contribution is 2.38. The van der Waals surface area contributed by atoms with Gasteiger partial charge in [-0.05, 0) is 19.3 Å². The molecular weight excluding hydrogens is 261 g/mol. The van der Waals surface area contributed by atoms with E-state index in [1.54, 1.807) is 4.90 Å². The molecule has 1 amide bonds. The molecule has 0 spiro atoms. The lowest BCUT2D eigenvalue weighted by atomic mass is 9.91. The predicted molar refractivity (Wildman–Crippen MR) is 62.5 cm³/mol. The summed E-state index contributed by atoms with van der Waals surface area (Å²) < 4.78 is 37.8. The first-order valence-corrected chi connectivity index (χ1v) is 6.61. The highest BCUT2D eigenvalue weighted by molar-refractivity contribution is 5.78. The molecule has 2 heterocycles. The van der Waals surface area contributed by atoms with Gasteiger partial charge in [0, 0.05) is 39.1 Å². The van der Waals surface area contributed by atoms with Crippen LogP contribution in [0.3, 0.4) is 0 Å². The molecular formula is C12H19F3N2O2. The van der Waals surface area contributed by atoms with Crippen LogP contribution in [0.15, 0.2) is 0 Å². The van der Waals surface area contributed by atoms with Gasteiger partial charge in [-0.2, -0.15) is 13.2 Å². The van der Waals surface area contributed by atoms with Crippen LogP contribution in [0.25, 0.3) is 0 Å². The number of halogens is 3. The molecule has 2 rings (SSSR count). The summed E-state index contributed by atoms with van der Waals surface area (Å²) in [5, 5.41) is 9.53. The zero-order valence-corrected chi connectivity index (χ0v) is 10.7. The largest absolute Gasteiger partial charge is 0.417 e. The van der Waals surface area contributed by atoms with Gasteiger partial charge in [0.2, 0.25) is 5.91 Å². The smallest absolute Gasteiger partial charge is 0.380 e. The third-order valence-electron chi connectivity index (χ3n) is 4.07. The van der Waals surface area contributed by atoms with E-state index in [4.69, 9.17) is 0 Å². The summed E-state index contributed by atoms with van der Waals surface area (Å²) in [7, 11) is 0. The molecule has 0 aromatic heterocycles. The second kappa shape index (κ2) is 5.28. The lowest BCUT2D eigenvalue weighted by Gasteiger charge is -2.39. The van der Waals surface area contributed by atoms with Crippen molar-refractivity contribution < 1.29 is 23.1 Å². The number of carbonyl (C=O) groups is 1. The van der Waals surface area contributed by atoms with Crippen molar-refractivity contribution in [3.63, 3.8) is 0 Å². The van der Waals surface area contributed by atoms with Crippen LogP contribution in [0.5, 0.6) is 0 Å². The number of alkyl halides is 3. The van der Waals surface area contributed by atoms with E-state index in [0.29, 0.717) is 19.5 Å². The topological polar surface area (TPSA) is 43.8 Å². The van der Waals surface area contributed by atoms with Gasteiger partial charge >= 0.3 is 6.18 Å². The molecule has 0 aromatic rings. The first kappa shape index (κ1) is 14.6. The van der Waals surface area contributed by atoms with E-state index >= 15 is 0 Å². The number of amides is 1. The minimum absolute atomic E-state index is 0.129. The first-order valence-electron chi connectivity index (χ1n) is 6.61. The van der Waals surface area contributed by atoms with Crippen molar-refractivity contribution in [1.82, 2.24) is 9.80 Å². The Hall–Kier alpha value is -0.820. The molecule has 0 unspecified atom stereocenters. The minimum atomic E-state index is -4.55. The van der Waals surface area contributed by atoms with Crippen LogP contribution in [0.2, 0.25) is 0 Å². The molecule has 110 valence electrons. The van der Waals surface area contributed by atoms with Crippen LogP contribution in [0.4, 0.5) is 13.2 Å². The summed E-state index contributed by atoms with van der Waals surface area (Å²) >= 11 is 0. The van der Waals surface area contributed by atoms with Gasteiger partial charge in [-0.1, -0.05) is 0 Å². The minimum Gasteiger partial charge on any atom is -0.380 e. The molecule has 0 radical (unpaired) electrons. The Labute approximate surface area is 110 Å². The molecule has 2 aliphatic rings. The van der Waals surface area contributed by atoms with E-state index in [9.17, 15) is 23.1 Å². The van der Waals surface area contributed by atoms with Gasteiger partial charge in [0.1, 0.15) is 0 Å². The highest BCUT2D eigenvalue weighted by Gasteiger charge is 2.54. The summed E-state index contributed by atoms with van der Waals surface area (Å²) in [6, 6.07) is 0. The monoisotopic (exact) mass is 280 g/mol. The normalized spacial score (nSPS) is 25.1. The van der Waals surface area contributed by atoms with Crippen molar-refractivity contribution in [2.24, 2.45) is 0 Å². The van der Waals surface area contributed by atoms with Crippen molar-refractivity contribution in [3.05, 3.63) is 0 Å². The third-order valence-corrected chi connectivity index (χ3v) is 4.07. The molecule has 0 saturated carbocycles. The van der Waals surface area contributed by atoms with Crippen molar-refractivity contribution in [3.8, 4) is 0 Å². The van der Waals surface area contributed by atoms with Crippen LogP contribution < -0.4 is 0 Å². The molecule has 7 heteroatoms. The zero-order chi connectivity index (χ0) is 14.1. The second-order valence-electron chi connectivity index (χ2n) is 5.36. The van der Waals surface area contributed by atoms with E-state index in [1.165, 1.54) is 0 Å². The average molecular weight is 280 g/mol. The van der Waals surface area contributed by atoms with Gasteiger partial charge in [0.15, 0.2) is 5.60 Å². The van der Waals surface area contributed by atoms with Gasteiger partial charge in [-0.25, -0.2) is 0 Å². The number of likely N-dealkylation sites (tertiary alicyclic amines) is 2. The molecule has 2 saturated heterocycles. The van der Waals surface area contributed by atoms with E-state index in [1.807, 2.05) is 4.90 Å². The summed E-state index contributed by atoms with van der Waals surface area (Å²) in [6.45, 7) is 2.35. The predicted octanol–water partition coefficient (Wildman–Crippen LogP) is 0.998. The Balaban J connectivity index is 1.76. The number of aliphatic hydroxyl groups is 1. The molecule has 0 bridgehead atoms. The zero-order valence-electron chi connectivity index (χ0n) is 10.7. The van der Waals surface area contributed by atoms with Crippen molar-refractivity contribution in [1.29, 1.82) is 0 Å². The second-order valence-corrected chi connectivity index (χ2v) is 5.36. The van der Waals surface area contributed by atoms with Crippen LogP contribution >= 0.6 is 0 Å². The van der Waals surface area contributed by atoms with E-state index in [2.05, 4.69) is 0 Å². The Kier molecular flexibility index (Phi) is 4.06. The average Bonchev–Trinajstić information content (AvgIpc) is 2.73. The van der Waals surface area contributed by atoms with E-state index < -0.39 is 11.8 Å². The summed E-state index contributed by atoms with van der Waals surface area (Å²) in [5.41, 5.74) is -2.53. The molecule has 2 fully saturated rings. The van der Waals surface area contributed by atoms with Crippen LogP contribution in [-0.4, -0.2) is 65.3 Å². The maximum absolute atomic E-state index is 12.6. The van der Waals surface area contributed by atoms with Gasteiger partial charge in [0.25, 0.3) is 0 Å².